The number of nitrogen functional groups attached to an aromatic ring is 1. The van der Waals surface area contributed by atoms with Crippen LogP contribution in [0.25, 0.3) is 0 Å². The molecule has 1 saturated heterocycles. The van der Waals surface area contributed by atoms with E-state index in [0.717, 1.165) is 0 Å². The first-order valence-electron chi connectivity index (χ1n) is 10.4. The van der Waals surface area contributed by atoms with Gasteiger partial charge in [-0.1, -0.05) is 48.5 Å². The lowest BCUT2D eigenvalue weighted by Gasteiger charge is -2.49. The van der Waals surface area contributed by atoms with Crippen molar-refractivity contribution >= 4 is 53.4 Å². The van der Waals surface area contributed by atoms with Crippen LogP contribution >= 0.6 is 24.2 Å². The second-order valence-corrected chi connectivity index (χ2v) is 8.93. The SMILES string of the molecule is CC1=C(C(=O)OCC(=O)c2ccccc2)N2C(=O)C(NC(=O)Cc3ccccc3N)[C@H]2SC1.Cl. The maximum Gasteiger partial charge on any atom is 0.355 e. The molecule has 1 fully saturated rings. The molecule has 0 aromatic heterocycles. The Morgan fingerprint density at radius 1 is 1.12 bits per heavy atom. The van der Waals surface area contributed by atoms with Crippen LogP contribution in [0.2, 0.25) is 0 Å². The number of ketones is 1. The van der Waals surface area contributed by atoms with E-state index in [1.807, 2.05) is 0 Å². The highest BCUT2D eigenvalue weighted by Crippen LogP contribution is 2.40. The van der Waals surface area contributed by atoms with Gasteiger partial charge >= 0.3 is 5.97 Å². The molecule has 2 aromatic rings. The van der Waals surface area contributed by atoms with Gasteiger partial charge in [0.05, 0.1) is 6.42 Å². The van der Waals surface area contributed by atoms with Crippen LogP contribution in [-0.2, 0) is 25.5 Å². The number of benzene rings is 2. The summed E-state index contributed by atoms with van der Waals surface area (Å²) in [5, 5.41) is 2.34. The number of hydrogen-bond acceptors (Lipinski definition) is 7. The summed E-state index contributed by atoms with van der Waals surface area (Å²) in [4.78, 5) is 51.7. The van der Waals surface area contributed by atoms with E-state index in [2.05, 4.69) is 5.32 Å². The molecule has 10 heteroatoms. The molecule has 0 aliphatic carbocycles. The van der Waals surface area contributed by atoms with Crippen molar-refractivity contribution in [1.82, 2.24) is 10.2 Å². The molecule has 0 saturated carbocycles. The molecule has 0 spiro atoms. The predicted octanol–water partition coefficient (Wildman–Crippen LogP) is 2.33. The van der Waals surface area contributed by atoms with Crippen LogP contribution in [0.1, 0.15) is 22.8 Å². The number of halogens is 1. The summed E-state index contributed by atoms with van der Waals surface area (Å²) in [6, 6.07) is 14.8. The van der Waals surface area contributed by atoms with Crippen LogP contribution in [-0.4, -0.2) is 52.2 Å². The van der Waals surface area contributed by atoms with Crippen LogP contribution in [0.5, 0.6) is 0 Å². The van der Waals surface area contributed by atoms with Gasteiger partial charge in [0.2, 0.25) is 5.91 Å². The topological polar surface area (TPSA) is 119 Å². The number of hydrogen-bond donors (Lipinski definition) is 2. The van der Waals surface area contributed by atoms with Crippen molar-refractivity contribution in [3.63, 3.8) is 0 Å². The summed E-state index contributed by atoms with van der Waals surface area (Å²) in [5.41, 5.74) is 8.35. The van der Waals surface area contributed by atoms with Crippen LogP contribution < -0.4 is 11.1 Å². The Morgan fingerprint density at radius 2 is 1.79 bits per heavy atom. The number of amides is 2. The third-order valence-electron chi connectivity index (χ3n) is 5.50. The molecule has 2 atom stereocenters. The molecule has 3 N–H and O–H groups in total. The highest BCUT2D eigenvalue weighted by molar-refractivity contribution is 8.00. The molecular formula is C24H24ClN3O5S. The Labute approximate surface area is 207 Å². The number of nitrogens with zero attached hydrogens (tertiary/aromatic N) is 1. The first kappa shape index (κ1) is 25.3. The molecule has 0 radical (unpaired) electrons. The average molecular weight is 502 g/mol. The lowest BCUT2D eigenvalue weighted by atomic mass is 10.0. The van der Waals surface area contributed by atoms with Gasteiger partial charge in [-0.25, -0.2) is 4.79 Å². The number of anilines is 1. The highest BCUT2D eigenvalue weighted by atomic mass is 35.5. The first-order chi connectivity index (χ1) is 15.9. The van der Waals surface area contributed by atoms with Crippen molar-refractivity contribution in [2.24, 2.45) is 0 Å². The lowest BCUT2D eigenvalue weighted by molar-refractivity contribution is -0.152. The van der Waals surface area contributed by atoms with Gasteiger partial charge in [-0.15, -0.1) is 24.2 Å². The second kappa shape index (κ2) is 10.8. The number of fused-ring (bicyclic) bond motifs is 1. The van der Waals surface area contributed by atoms with Crippen molar-refractivity contribution in [3.05, 3.63) is 77.0 Å². The Hall–Kier alpha value is -3.30. The summed E-state index contributed by atoms with van der Waals surface area (Å²) >= 11 is 1.46. The van der Waals surface area contributed by atoms with E-state index in [1.54, 1.807) is 61.5 Å². The maximum absolute atomic E-state index is 12.8. The summed E-state index contributed by atoms with van der Waals surface area (Å²) in [6.45, 7) is 1.33. The van der Waals surface area contributed by atoms with E-state index < -0.39 is 24.0 Å². The molecule has 0 bridgehead atoms. The van der Waals surface area contributed by atoms with E-state index in [4.69, 9.17) is 10.5 Å². The third kappa shape index (κ3) is 5.10. The monoisotopic (exact) mass is 501 g/mol. The zero-order chi connectivity index (χ0) is 23.5. The Balaban J connectivity index is 0.00000324. The zero-order valence-corrected chi connectivity index (χ0v) is 20.0. The summed E-state index contributed by atoms with van der Waals surface area (Å²) in [5.74, 6) is -1.26. The second-order valence-electron chi connectivity index (χ2n) is 7.82. The van der Waals surface area contributed by atoms with E-state index in [0.29, 0.717) is 28.1 Å². The van der Waals surface area contributed by atoms with Crippen molar-refractivity contribution in [3.8, 4) is 0 Å². The minimum Gasteiger partial charge on any atom is -0.453 e. The molecule has 2 amide bonds. The van der Waals surface area contributed by atoms with E-state index in [9.17, 15) is 19.2 Å². The van der Waals surface area contributed by atoms with Crippen molar-refractivity contribution in [2.45, 2.75) is 24.8 Å². The number of carbonyl (C=O) groups is 4. The molecule has 34 heavy (non-hydrogen) atoms. The number of Topliss-reactive ketones (excluding diaryl/α,β-unsaturated/α-hetero) is 1. The quantitative estimate of drug-likeness (QED) is 0.258. The molecule has 2 aliphatic heterocycles. The van der Waals surface area contributed by atoms with Crippen molar-refractivity contribution in [2.75, 3.05) is 18.1 Å². The number of ether oxygens (including phenoxy) is 1. The van der Waals surface area contributed by atoms with Gasteiger partial charge in [0.25, 0.3) is 5.91 Å². The van der Waals surface area contributed by atoms with Crippen molar-refractivity contribution in [1.29, 1.82) is 0 Å². The van der Waals surface area contributed by atoms with Gasteiger partial charge in [-0.3, -0.25) is 19.3 Å². The lowest BCUT2D eigenvalue weighted by Crippen LogP contribution is -2.70. The van der Waals surface area contributed by atoms with Crippen molar-refractivity contribution < 1.29 is 23.9 Å². The molecule has 2 heterocycles. The Morgan fingerprint density at radius 3 is 2.50 bits per heavy atom. The fourth-order valence-corrected chi connectivity index (χ4v) is 5.05. The van der Waals surface area contributed by atoms with Gasteiger partial charge in [-0.2, -0.15) is 0 Å². The van der Waals surface area contributed by atoms with Crippen LogP contribution in [0.15, 0.2) is 65.9 Å². The van der Waals surface area contributed by atoms with E-state index in [1.165, 1.54) is 16.7 Å². The zero-order valence-electron chi connectivity index (χ0n) is 18.4. The number of nitrogens with one attached hydrogen (secondary N) is 1. The standard InChI is InChI=1S/C24H23N3O5S.ClH/c1-14-13-33-23-20(26-19(29)11-16-9-5-6-10-17(16)25)22(30)27(23)21(14)24(31)32-12-18(28)15-7-3-2-4-8-15;/h2-10,20,23H,11-13,25H2,1H3,(H,26,29);1H/t20?,23-;/m1./s1. The van der Waals surface area contributed by atoms with Gasteiger partial charge in [0.1, 0.15) is 17.1 Å². The smallest absolute Gasteiger partial charge is 0.355 e. The number of β-lactam (4-membered cyclic amide) rings is 1. The minimum absolute atomic E-state index is 0. The van der Waals surface area contributed by atoms with Crippen LogP contribution in [0.4, 0.5) is 5.69 Å². The average Bonchev–Trinajstić information content (AvgIpc) is 2.82. The Kier molecular flexibility index (Phi) is 8.01. The molecule has 2 aliphatic rings. The van der Waals surface area contributed by atoms with Crippen LogP contribution in [0, 0.1) is 0 Å². The fourth-order valence-electron chi connectivity index (χ4n) is 3.76. The summed E-state index contributed by atoms with van der Waals surface area (Å²) in [7, 11) is 0. The van der Waals surface area contributed by atoms with Gasteiger partial charge in [0.15, 0.2) is 12.4 Å². The predicted molar refractivity (Wildman–Crippen MR) is 131 cm³/mol. The number of carbonyl (C=O) groups excluding carboxylic acids is 4. The Bertz CT molecular complexity index is 1150. The van der Waals surface area contributed by atoms with Gasteiger partial charge in [0, 0.05) is 17.0 Å². The fraction of sp³-hybridized carbons (Fsp3) is 0.250. The van der Waals surface area contributed by atoms with E-state index >= 15 is 0 Å². The molecule has 1 unspecified atom stereocenters. The largest absolute Gasteiger partial charge is 0.453 e. The molecule has 4 rings (SSSR count). The highest BCUT2D eigenvalue weighted by Gasteiger charge is 2.54. The number of rotatable bonds is 7. The molecule has 2 aromatic carbocycles. The molecule has 178 valence electrons. The number of esters is 1. The number of para-hydroxylation sites is 1. The first-order valence-corrected chi connectivity index (χ1v) is 11.4. The molecule has 8 nitrogen and oxygen atoms in total. The number of nitrogens with two attached hydrogens (primary N) is 1. The normalized spacial score (nSPS) is 18.9. The van der Waals surface area contributed by atoms with Crippen LogP contribution in [0.3, 0.4) is 0 Å². The minimum atomic E-state index is -0.741. The van der Waals surface area contributed by atoms with E-state index in [-0.39, 0.29) is 42.1 Å². The van der Waals surface area contributed by atoms with Gasteiger partial charge in [-0.05, 0) is 24.1 Å². The number of thioether (sulfide) groups is 1. The van der Waals surface area contributed by atoms with Gasteiger partial charge < -0.3 is 15.8 Å². The maximum atomic E-state index is 12.8. The summed E-state index contributed by atoms with van der Waals surface area (Å²) in [6.07, 6.45) is 0.0548. The molecular weight excluding hydrogens is 478 g/mol. The third-order valence-corrected chi connectivity index (χ3v) is 6.93. The summed E-state index contributed by atoms with van der Waals surface area (Å²) < 4.78 is 5.23.